The Hall–Kier alpha value is -3.12. The fraction of sp³-hybridized carbons (Fsp3) is 0.280. The first kappa shape index (κ1) is 23.5. The molecule has 0 radical (unpaired) electrons. The lowest BCUT2D eigenvalue weighted by molar-refractivity contribution is -0.132. The smallest absolute Gasteiger partial charge is 0.360 e. The summed E-state index contributed by atoms with van der Waals surface area (Å²) in [5, 5.41) is 3.98. The van der Waals surface area contributed by atoms with Crippen LogP contribution in [0.1, 0.15) is 26.7 Å². The van der Waals surface area contributed by atoms with Gasteiger partial charge in [0.15, 0.2) is 5.71 Å². The zero-order valence-electron chi connectivity index (χ0n) is 18.5. The van der Waals surface area contributed by atoms with Gasteiger partial charge in [-0.3, -0.25) is 0 Å². The summed E-state index contributed by atoms with van der Waals surface area (Å²) >= 11 is 5.92. The number of carbonyl (C=O) groups excluding carboxylic acids is 1. The molecule has 0 atom stereocenters. The number of oxime groups is 1. The number of carbonyl (C=O) groups is 1. The summed E-state index contributed by atoms with van der Waals surface area (Å²) in [4.78, 5) is 17.2. The van der Waals surface area contributed by atoms with Crippen molar-refractivity contribution in [3.05, 3.63) is 75.6 Å². The van der Waals surface area contributed by atoms with Crippen LogP contribution in [0.15, 0.2) is 69.9 Å². The van der Waals surface area contributed by atoms with E-state index in [0.717, 1.165) is 22.3 Å². The van der Waals surface area contributed by atoms with Gasteiger partial charge in [-0.15, -0.1) is 0 Å². The molecule has 0 aromatic heterocycles. The van der Waals surface area contributed by atoms with E-state index in [1.807, 2.05) is 31.2 Å². The maximum absolute atomic E-state index is 13.5. The molecule has 0 fully saturated rings. The Balaban J connectivity index is 1.88. The third kappa shape index (κ3) is 5.37. The largest absolute Gasteiger partial charge is 0.489 e. The summed E-state index contributed by atoms with van der Waals surface area (Å²) in [6.45, 7) is 4.37. The zero-order chi connectivity index (χ0) is 23.3. The number of benzene rings is 2. The fourth-order valence-electron chi connectivity index (χ4n) is 3.52. The van der Waals surface area contributed by atoms with Gasteiger partial charge in [0.05, 0.1) is 12.1 Å². The summed E-state index contributed by atoms with van der Waals surface area (Å²) in [5.74, 6) is -0.374. The molecule has 0 unspecified atom stereocenters. The van der Waals surface area contributed by atoms with Crippen LogP contribution in [0.4, 0.5) is 4.39 Å². The molecule has 0 heterocycles. The average Bonchev–Trinajstić information content (AvgIpc) is 2.79. The van der Waals surface area contributed by atoms with E-state index in [1.54, 1.807) is 12.1 Å². The van der Waals surface area contributed by atoms with Crippen LogP contribution >= 0.6 is 11.6 Å². The number of esters is 1. The van der Waals surface area contributed by atoms with Gasteiger partial charge >= 0.3 is 5.97 Å². The molecule has 7 heteroatoms. The van der Waals surface area contributed by atoms with E-state index in [1.165, 1.54) is 31.4 Å². The minimum Gasteiger partial charge on any atom is -0.489 e. The highest BCUT2D eigenvalue weighted by Crippen LogP contribution is 2.32. The lowest BCUT2D eigenvalue weighted by atomic mass is 9.85. The predicted molar refractivity (Wildman–Crippen MR) is 123 cm³/mol. The van der Waals surface area contributed by atoms with Gasteiger partial charge in [0, 0.05) is 0 Å². The Morgan fingerprint density at radius 3 is 2.47 bits per heavy atom. The molecule has 3 rings (SSSR count). The molecule has 168 valence electrons. The van der Waals surface area contributed by atoms with Crippen molar-refractivity contribution in [2.24, 2.45) is 5.16 Å². The molecule has 0 saturated heterocycles. The fourth-order valence-corrected chi connectivity index (χ4v) is 3.70. The summed E-state index contributed by atoms with van der Waals surface area (Å²) in [7, 11) is 2.71. The quantitative estimate of drug-likeness (QED) is 0.217. The summed E-state index contributed by atoms with van der Waals surface area (Å²) < 4.78 is 24.5. The first-order valence-corrected chi connectivity index (χ1v) is 10.5. The van der Waals surface area contributed by atoms with E-state index < -0.39 is 11.8 Å². The number of ether oxygens (including phenoxy) is 2. The number of nitrogens with zero attached hydrogens (tertiary/aromatic N) is 1. The first-order valence-electron chi connectivity index (χ1n) is 10.1. The third-order valence-electron chi connectivity index (χ3n) is 5.42. The zero-order valence-corrected chi connectivity index (χ0v) is 19.3. The van der Waals surface area contributed by atoms with E-state index in [2.05, 4.69) is 12.1 Å². The highest BCUT2D eigenvalue weighted by atomic mass is 35.5. The van der Waals surface area contributed by atoms with Crippen LogP contribution in [0.3, 0.4) is 0 Å². The molecule has 0 spiro atoms. The molecule has 5 nitrogen and oxygen atoms in total. The maximum atomic E-state index is 13.5. The minimum absolute atomic E-state index is 0.0660. The van der Waals surface area contributed by atoms with Gasteiger partial charge in [0.25, 0.3) is 0 Å². The van der Waals surface area contributed by atoms with Crippen molar-refractivity contribution < 1.29 is 23.5 Å². The van der Waals surface area contributed by atoms with Crippen LogP contribution in [0.25, 0.3) is 11.1 Å². The second-order valence-electron chi connectivity index (χ2n) is 7.56. The van der Waals surface area contributed by atoms with Crippen LogP contribution in [-0.4, -0.2) is 32.5 Å². The van der Waals surface area contributed by atoms with Crippen molar-refractivity contribution in [3.8, 4) is 16.9 Å². The molecule has 1 aliphatic rings. The summed E-state index contributed by atoms with van der Waals surface area (Å²) in [5.41, 5.74) is 5.87. The predicted octanol–water partition coefficient (Wildman–Crippen LogP) is 6.13. The van der Waals surface area contributed by atoms with Crippen molar-refractivity contribution in [3.63, 3.8) is 0 Å². The van der Waals surface area contributed by atoms with E-state index in [9.17, 15) is 9.18 Å². The molecule has 0 saturated carbocycles. The summed E-state index contributed by atoms with van der Waals surface area (Å²) in [6.07, 6.45) is 1.23. The van der Waals surface area contributed by atoms with E-state index >= 15 is 0 Å². The third-order valence-corrected chi connectivity index (χ3v) is 5.71. The molecule has 0 bridgehead atoms. The van der Waals surface area contributed by atoms with Crippen LogP contribution < -0.4 is 4.74 Å². The van der Waals surface area contributed by atoms with Gasteiger partial charge < -0.3 is 14.3 Å². The van der Waals surface area contributed by atoms with Crippen LogP contribution in [0.5, 0.6) is 5.75 Å². The Bertz CT molecular complexity index is 1120. The molecule has 32 heavy (non-hydrogen) atoms. The van der Waals surface area contributed by atoms with Gasteiger partial charge in [-0.2, -0.15) is 0 Å². The molecule has 0 aliphatic heterocycles. The Labute approximate surface area is 192 Å². The summed E-state index contributed by atoms with van der Waals surface area (Å²) in [6, 6.07) is 12.1. The monoisotopic (exact) mass is 457 g/mol. The normalized spacial score (nSPS) is 14.5. The Kier molecular flexibility index (Phi) is 7.70. The second-order valence-corrected chi connectivity index (χ2v) is 7.96. The topological polar surface area (TPSA) is 57.1 Å². The molecule has 2 aromatic rings. The van der Waals surface area contributed by atoms with Crippen LogP contribution in [0, 0.1) is 5.82 Å². The molecule has 0 amide bonds. The Morgan fingerprint density at radius 1 is 1.06 bits per heavy atom. The Morgan fingerprint density at radius 2 is 1.78 bits per heavy atom. The number of allylic oxidation sites excluding steroid dienone is 2. The van der Waals surface area contributed by atoms with Crippen molar-refractivity contribution >= 4 is 23.3 Å². The van der Waals surface area contributed by atoms with E-state index in [0.29, 0.717) is 18.6 Å². The second kappa shape index (κ2) is 10.5. The lowest BCUT2D eigenvalue weighted by Crippen LogP contribution is -2.24. The molecule has 0 N–H and O–H groups in total. The van der Waals surface area contributed by atoms with Gasteiger partial charge in [-0.25, -0.2) is 9.18 Å². The number of methoxy groups -OCH3 is 1. The lowest BCUT2D eigenvalue weighted by Gasteiger charge is -2.23. The van der Waals surface area contributed by atoms with E-state index in [4.69, 9.17) is 25.9 Å². The van der Waals surface area contributed by atoms with Crippen molar-refractivity contribution in [2.45, 2.75) is 26.7 Å². The standard InChI is InChI=1S/C25H25ClFNO4/c1-15-10-19(21(11-16(15)2)24(28-31-4)25(29)30-3)14-32-20-7-5-6-17(12-20)18-8-9-23(27)22(26)13-18/h5-9,12-13H,10-11,14H2,1-4H3/b28-24-. The van der Waals surface area contributed by atoms with Gasteiger partial charge in [0.2, 0.25) is 0 Å². The molecule has 2 aromatic carbocycles. The van der Waals surface area contributed by atoms with Crippen LogP contribution in [-0.2, 0) is 14.4 Å². The van der Waals surface area contributed by atoms with E-state index in [-0.39, 0.29) is 17.3 Å². The number of halogens is 2. The maximum Gasteiger partial charge on any atom is 0.360 e. The molecular formula is C25H25ClFNO4. The highest BCUT2D eigenvalue weighted by molar-refractivity contribution is 6.43. The average molecular weight is 458 g/mol. The van der Waals surface area contributed by atoms with Gasteiger partial charge in [-0.1, -0.05) is 46.1 Å². The first-order chi connectivity index (χ1) is 15.3. The van der Waals surface area contributed by atoms with Crippen molar-refractivity contribution in [2.75, 3.05) is 20.8 Å². The van der Waals surface area contributed by atoms with Crippen molar-refractivity contribution in [1.82, 2.24) is 0 Å². The van der Waals surface area contributed by atoms with Crippen LogP contribution in [0.2, 0.25) is 5.02 Å². The number of rotatable bonds is 7. The SMILES string of the molecule is CO/N=C(\C(=O)OC)C1=C(COc2cccc(-c3ccc(F)c(Cl)c3)c2)CC(C)=C(C)C1. The number of hydrogen-bond donors (Lipinski definition) is 0. The minimum atomic E-state index is -0.554. The van der Waals surface area contributed by atoms with Gasteiger partial charge in [0.1, 0.15) is 25.3 Å². The highest BCUT2D eigenvalue weighted by Gasteiger charge is 2.26. The van der Waals surface area contributed by atoms with Gasteiger partial charge in [-0.05, 0) is 73.2 Å². The molecular weight excluding hydrogens is 433 g/mol. The molecule has 1 aliphatic carbocycles. The van der Waals surface area contributed by atoms with Crippen molar-refractivity contribution in [1.29, 1.82) is 0 Å². The number of hydrogen-bond acceptors (Lipinski definition) is 5.